The van der Waals surface area contributed by atoms with Crippen molar-refractivity contribution in [2.45, 2.75) is 0 Å². The van der Waals surface area contributed by atoms with Crippen molar-refractivity contribution < 1.29 is 10.0 Å². The number of carbonyl (C=O) groups excluding carboxylic acids is 1. The van der Waals surface area contributed by atoms with Crippen LogP contribution in [0.2, 0.25) is 0 Å². The lowest BCUT2D eigenvalue weighted by atomic mass is 10.1. The number of amides is 1. The molecule has 0 aliphatic carbocycles. The average molecular weight is 332 g/mol. The van der Waals surface area contributed by atoms with Crippen molar-refractivity contribution in [1.29, 1.82) is 0 Å². The lowest BCUT2D eigenvalue weighted by molar-refractivity contribution is -0.124. The zero-order valence-corrected chi connectivity index (χ0v) is 13.8. The quantitative estimate of drug-likeness (QED) is 0.320. The second-order valence-corrected chi connectivity index (χ2v) is 5.12. The summed E-state index contributed by atoms with van der Waals surface area (Å²) in [5, 5.41) is 9.55. The van der Waals surface area contributed by atoms with Gasteiger partial charge in [0, 0.05) is 23.3 Å². The van der Waals surface area contributed by atoms with Crippen LogP contribution >= 0.6 is 0 Å². The molecule has 0 unspecified atom stereocenters. The number of hydroxylamine groups is 1. The second kappa shape index (κ2) is 9.05. The summed E-state index contributed by atoms with van der Waals surface area (Å²) >= 11 is 0. The highest BCUT2D eigenvalue weighted by molar-refractivity contribution is 5.92. The lowest BCUT2D eigenvalue weighted by Gasteiger charge is -2.05. The van der Waals surface area contributed by atoms with Gasteiger partial charge in [-0.1, -0.05) is 49.6 Å². The highest BCUT2D eigenvalue weighted by Gasteiger charge is 2.03. The summed E-state index contributed by atoms with van der Waals surface area (Å²) in [6.07, 6.45) is 8.24. The van der Waals surface area contributed by atoms with E-state index in [0.29, 0.717) is 0 Å². The molecule has 4 heteroatoms. The van der Waals surface area contributed by atoms with E-state index in [9.17, 15) is 4.79 Å². The zero-order chi connectivity index (χ0) is 18.1. The van der Waals surface area contributed by atoms with Crippen LogP contribution in [-0.4, -0.2) is 15.7 Å². The molecular formula is C21H20N2O2. The number of aromatic nitrogens is 1. The molecule has 0 fully saturated rings. The van der Waals surface area contributed by atoms with Crippen molar-refractivity contribution in [3.63, 3.8) is 0 Å². The van der Waals surface area contributed by atoms with E-state index in [1.54, 1.807) is 23.7 Å². The van der Waals surface area contributed by atoms with Crippen LogP contribution < -0.4 is 5.48 Å². The summed E-state index contributed by atoms with van der Waals surface area (Å²) in [6, 6.07) is 18.1. The fraction of sp³-hybridized carbons (Fsp3) is 0. The van der Waals surface area contributed by atoms with Gasteiger partial charge in [0.05, 0.1) is 5.52 Å². The fourth-order valence-corrected chi connectivity index (χ4v) is 2.29. The summed E-state index contributed by atoms with van der Waals surface area (Å²) in [7, 11) is 0. The van der Waals surface area contributed by atoms with Gasteiger partial charge in [-0.15, -0.1) is 0 Å². The molecule has 25 heavy (non-hydrogen) atoms. The predicted molar refractivity (Wildman–Crippen MR) is 103 cm³/mol. The van der Waals surface area contributed by atoms with E-state index >= 15 is 0 Å². The first-order valence-electron chi connectivity index (χ1n) is 7.71. The van der Waals surface area contributed by atoms with Gasteiger partial charge in [0.25, 0.3) is 5.91 Å². The normalized spacial score (nSPS) is 10.1. The molecule has 0 saturated carbocycles. The molecule has 126 valence electrons. The molecule has 3 rings (SSSR count). The fourth-order valence-electron chi connectivity index (χ4n) is 2.29. The highest BCUT2D eigenvalue weighted by Crippen LogP contribution is 2.22. The van der Waals surface area contributed by atoms with Crippen molar-refractivity contribution in [3.8, 4) is 5.69 Å². The van der Waals surface area contributed by atoms with Gasteiger partial charge in [0.1, 0.15) is 0 Å². The first kappa shape index (κ1) is 18.0. The van der Waals surface area contributed by atoms with Gasteiger partial charge >= 0.3 is 0 Å². The Morgan fingerprint density at radius 1 is 1.04 bits per heavy atom. The lowest BCUT2D eigenvalue weighted by Crippen LogP contribution is -2.14. The third-order valence-corrected chi connectivity index (χ3v) is 3.45. The van der Waals surface area contributed by atoms with Crippen LogP contribution in [0.25, 0.3) is 22.7 Å². The van der Waals surface area contributed by atoms with Gasteiger partial charge in [-0.25, -0.2) is 5.48 Å². The number of fused-ring (bicyclic) bond motifs is 1. The van der Waals surface area contributed by atoms with Crippen LogP contribution in [0, 0.1) is 0 Å². The first-order chi connectivity index (χ1) is 12.2. The number of hydrogen-bond donors (Lipinski definition) is 2. The predicted octanol–water partition coefficient (Wildman–Crippen LogP) is 4.51. The Bertz CT molecular complexity index is 887. The Morgan fingerprint density at radius 3 is 2.40 bits per heavy atom. The van der Waals surface area contributed by atoms with E-state index in [-0.39, 0.29) is 0 Å². The van der Waals surface area contributed by atoms with Crippen LogP contribution in [0.4, 0.5) is 0 Å². The van der Waals surface area contributed by atoms with Crippen LogP contribution in [0.1, 0.15) is 5.56 Å². The monoisotopic (exact) mass is 332 g/mol. The SMILES string of the molecule is C=CC=C.O=C(/C=C/c1ccc2c(ccn2-c2ccccc2)c1)NO. The molecule has 4 nitrogen and oxygen atoms in total. The Hall–Kier alpha value is -3.37. The molecule has 0 saturated heterocycles. The van der Waals surface area contributed by atoms with Gasteiger partial charge in [0.15, 0.2) is 0 Å². The minimum absolute atomic E-state index is 0.544. The summed E-state index contributed by atoms with van der Waals surface area (Å²) in [6.45, 7) is 6.72. The van der Waals surface area contributed by atoms with Gasteiger partial charge in [-0.2, -0.15) is 0 Å². The Labute approximate surface area is 147 Å². The molecule has 0 atom stereocenters. The number of nitrogens with zero attached hydrogens (tertiary/aromatic N) is 1. The number of nitrogens with one attached hydrogen (secondary N) is 1. The molecule has 2 aromatic carbocycles. The van der Waals surface area contributed by atoms with Gasteiger partial charge in [-0.3, -0.25) is 10.0 Å². The summed E-state index contributed by atoms with van der Waals surface area (Å²) in [5.74, 6) is -0.544. The molecule has 1 aromatic heterocycles. The van der Waals surface area contributed by atoms with Crippen LogP contribution in [0.3, 0.4) is 0 Å². The third-order valence-electron chi connectivity index (χ3n) is 3.45. The van der Waals surface area contributed by atoms with E-state index in [0.717, 1.165) is 22.2 Å². The van der Waals surface area contributed by atoms with Crippen molar-refractivity contribution in [2.75, 3.05) is 0 Å². The number of allylic oxidation sites excluding steroid dienone is 2. The zero-order valence-electron chi connectivity index (χ0n) is 13.8. The van der Waals surface area contributed by atoms with Crippen molar-refractivity contribution in [3.05, 3.63) is 97.7 Å². The number of benzene rings is 2. The average Bonchev–Trinajstić information content (AvgIpc) is 3.10. The molecule has 1 heterocycles. The molecule has 0 aliphatic heterocycles. The Balaban J connectivity index is 0.000000511. The molecular weight excluding hydrogens is 312 g/mol. The van der Waals surface area contributed by atoms with Crippen molar-refractivity contribution in [2.24, 2.45) is 0 Å². The first-order valence-corrected chi connectivity index (χ1v) is 7.71. The smallest absolute Gasteiger partial charge is 0.267 e. The number of rotatable bonds is 4. The summed E-state index contributed by atoms with van der Waals surface area (Å²) in [5.41, 5.74) is 4.68. The molecule has 0 bridgehead atoms. The van der Waals surface area contributed by atoms with E-state index in [2.05, 4.69) is 29.9 Å². The van der Waals surface area contributed by atoms with Crippen LogP contribution in [0.15, 0.2) is 92.2 Å². The van der Waals surface area contributed by atoms with Gasteiger partial charge in [0.2, 0.25) is 0 Å². The van der Waals surface area contributed by atoms with Gasteiger partial charge < -0.3 is 4.57 Å². The molecule has 1 amide bonds. The third kappa shape index (κ3) is 4.80. The maximum absolute atomic E-state index is 11.0. The number of carbonyl (C=O) groups is 1. The van der Waals surface area contributed by atoms with E-state index < -0.39 is 5.91 Å². The van der Waals surface area contributed by atoms with Gasteiger partial charge in [-0.05, 0) is 42.0 Å². The molecule has 0 radical (unpaired) electrons. The minimum atomic E-state index is -0.544. The largest absolute Gasteiger partial charge is 0.317 e. The maximum Gasteiger partial charge on any atom is 0.267 e. The standard InChI is InChI=1S/C17H14N2O2.C4H6/c20-17(18-21)9-7-13-6-8-16-14(12-13)10-11-19(16)15-4-2-1-3-5-15;1-3-4-2/h1-12,21H,(H,18,20);3-4H,1-2H2/b9-7+;. The van der Waals surface area contributed by atoms with E-state index in [1.165, 1.54) is 6.08 Å². The Morgan fingerprint density at radius 2 is 1.76 bits per heavy atom. The van der Waals surface area contributed by atoms with Crippen molar-refractivity contribution >= 4 is 22.9 Å². The van der Waals surface area contributed by atoms with Crippen LogP contribution in [0.5, 0.6) is 0 Å². The number of para-hydroxylation sites is 1. The molecule has 0 spiro atoms. The second-order valence-electron chi connectivity index (χ2n) is 5.12. The number of hydrogen-bond acceptors (Lipinski definition) is 2. The van der Waals surface area contributed by atoms with Crippen LogP contribution in [-0.2, 0) is 4.79 Å². The van der Waals surface area contributed by atoms with E-state index in [4.69, 9.17) is 5.21 Å². The summed E-state index contributed by atoms with van der Waals surface area (Å²) < 4.78 is 2.11. The summed E-state index contributed by atoms with van der Waals surface area (Å²) in [4.78, 5) is 11.0. The van der Waals surface area contributed by atoms with Crippen molar-refractivity contribution in [1.82, 2.24) is 10.0 Å². The molecule has 0 aliphatic rings. The highest BCUT2D eigenvalue weighted by atomic mass is 16.5. The molecule has 3 aromatic rings. The maximum atomic E-state index is 11.0. The van der Waals surface area contributed by atoms with E-state index in [1.807, 2.05) is 48.7 Å². The molecule has 2 N–H and O–H groups in total. The topological polar surface area (TPSA) is 54.3 Å². The Kier molecular flexibility index (Phi) is 6.51. The minimum Gasteiger partial charge on any atom is -0.317 e.